The maximum Gasteiger partial charge on any atom is 0.327 e. The predicted molar refractivity (Wildman–Crippen MR) is 87.2 cm³/mol. The van der Waals surface area contributed by atoms with Crippen molar-refractivity contribution in [3.8, 4) is 0 Å². The lowest BCUT2D eigenvalue weighted by atomic mass is 10.1. The second-order valence-electron chi connectivity index (χ2n) is 5.82. The van der Waals surface area contributed by atoms with Gasteiger partial charge in [0.25, 0.3) is 5.91 Å². The van der Waals surface area contributed by atoms with E-state index in [1.165, 1.54) is 11.2 Å². The van der Waals surface area contributed by atoms with E-state index < -0.39 is 6.04 Å². The monoisotopic (exact) mass is 327 g/mol. The highest BCUT2D eigenvalue weighted by Gasteiger charge is 2.47. The summed E-state index contributed by atoms with van der Waals surface area (Å²) in [5, 5.41) is 0.782. The van der Waals surface area contributed by atoms with Crippen LogP contribution in [0.25, 0.3) is 11.0 Å². The minimum absolute atomic E-state index is 0.145. The Hall–Kier alpha value is -2.97. The van der Waals surface area contributed by atoms with Gasteiger partial charge in [0.05, 0.1) is 5.39 Å². The first kappa shape index (κ1) is 14.6. The van der Waals surface area contributed by atoms with Crippen molar-refractivity contribution in [3.05, 3.63) is 18.5 Å². The number of aromatic nitrogens is 3. The molecule has 2 saturated heterocycles. The molecule has 124 valence electrons. The number of carbonyl (C=O) groups excluding carboxylic acids is 2. The summed E-state index contributed by atoms with van der Waals surface area (Å²) in [5.41, 5.74) is 6.23. The minimum atomic E-state index is -0.460. The first-order chi connectivity index (χ1) is 11.6. The Labute approximate surface area is 138 Å². The number of amides is 3. The molecule has 2 fully saturated rings. The van der Waals surface area contributed by atoms with Crippen LogP contribution in [0.1, 0.15) is 6.92 Å². The van der Waals surface area contributed by atoms with E-state index in [9.17, 15) is 9.59 Å². The third-order valence-electron chi connectivity index (χ3n) is 4.52. The zero-order chi connectivity index (χ0) is 16.8. The zero-order valence-corrected chi connectivity index (χ0v) is 13.2. The maximum atomic E-state index is 12.4. The van der Waals surface area contributed by atoms with Crippen LogP contribution < -0.4 is 10.6 Å². The number of hydrogen-bond acceptors (Lipinski definition) is 7. The predicted octanol–water partition coefficient (Wildman–Crippen LogP) is 0.0797. The summed E-state index contributed by atoms with van der Waals surface area (Å²) in [6, 6.07) is 2.88. The van der Waals surface area contributed by atoms with E-state index in [1.807, 2.05) is 11.0 Å². The highest BCUT2D eigenvalue weighted by atomic mass is 16.2. The van der Waals surface area contributed by atoms with Gasteiger partial charge >= 0.3 is 6.03 Å². The molecular formula is C15H17N7O2. The summed E-state index contributed by atoms with van der Waals surface area (Å²) in [7, 11) is 0. The summed E-state index contributed by atoms with van der Waals surface area (Å²) in [4.78, 5) is 42.3. The number of carbonyl (C=O) groups is 2. The zero-order valence-electron chi connectivity index (χ0n) is 13.2. The molecule has 0 aliphatic carbocycles. The lowest BCUT2D eigenvalue weighted by Gasteiger charge is -2.36. The van der Waals surface area contributed by atoms with Gasteiger partial charge in [-0.25, -0.2) is 19.7 Å². The van der Waals surface area contributed by atoms with Crippen LogP contribution in [0, 0.1) is 0 Å². The van der Waals surface area contributed by atoms with Crippen LogP contribution in [0.15, 0.2) is 18.5 Å². The van der Waals surface area contributed by atoms with E-state index >= 15 is 0 Å². The van der Waals surface area contributed by atoms with Gasteiger partial charge in [0.1, 0.15) is 24.0 Å². The van der Waals surface area contributed by atoms with Crippen molar-refractivity contribution in [2.24, 2.45) is 0 Å². The summed E-state index contributed by atoms with van der Waals surface area (Å²) in [6.07, 6.45) is 1.44. The normalized spacial score (nSPS) is 20.9. The van der Waals surface area contributed by atoms with Crippen molar-refractivity contribution in [2.45, 2.75) is 13.0 Å². The van der Waals surface area contributed by atoms with E-state index in [2.05, 4.69) is 15.0 Å². The average molecular weight is 327 g/mol. The number of imide groups is 1. The number of anilines is 2. The Morgan fingerprint density at radius 1 is 1.25 bits per heavy atom. The van der Waals surface area contributed by atoms with Gasteiger partial charge in [-0.1, -0.05) is 0 Å². The fraction of sp³-hybridized carbons (Fsp3) is 0.400. The van der Waals surface area contributed by atoms with Crippen molar-refractivity contribution < 1.29 is 9.59 Å². The van der Waals surface area contributed by atoms with E-state index in [1.54, 1.807) is 17.9 Å². The number of piperazine rings is 1. The quantitative estimate of drug-likeness (QED) is 0.778. The summed E-state index contributed by atoms with van der Waals surface area (Å²) in [6.45, 7) is 3.70. The lowest BCUT2D eigenvalue weighted by molar-refractivity contribution is -0.128. The van der Waals surface area contributed by atoms with E-state index in [4.69, 9.17) is 5.73 Å². The summed E-state index contributed by atoms with van der Waals surface area (Å²) >= 11 is 0. The number of nitrogen functional groups attached to an aromatic ring is 1. The topological polar surface area (TPSA) is 109 Å². The maximum absolute atomic E-state index is 12.4. The smallest absolute Gasteiger partial charge is 0.327 e. The fourth-order valence-electron chi connectivity index (χ4n) is 3.33. The van der Waals surface area contributed by atoms with Crippen LogP contribution >= 0.6 is 0 Å². The van der Waals surface area contributed by atoms with Crippen LogP contribution in [0.4, 0.5) is 16.4 Å². The first-order valence-electron chi connectivity index (χ1n) is 7.84. The molecule has 2 N–H and O–H groups in total. The fourth-order valence-corrected chi connectivity index (χ4v) is 3.33. The van der Waals surface area contributed by atoms with Gasteiger partial charge in [-0.15, -0.1) is 0 Å². The molecule has 24 heavy (non-hydrogen) atoms. The largest absolute Gasteiger partial charge is 0.384 e. The SMILES string of the molecule is CCN1C(=O)C2CN(c3ncnc4nc(N)ccc34)CCN2C1=O. The summed E-state index contributed by atoms with van der Waals surface area (Å²) in [5.74, 6) is 0.961. The molecule has 0 radical (unpaired) electrons. The lowest BCUT2D eigenvalue weighted by Crippen LogP contribution is -2.53. The molecule has 0 spiro atoms. The van der Waals surface area contributed by atoms with Gasteiger partial charge < -0.3 is 15.5 Å². The van der Waals surface area contributed by atoms with Gasteiger partial charge in [0.15, 0.2) is 5.65 Å². The molecule has 2 aromatic heterocycles. The van der Waals surface area contributed by atoms with Crippen LogP contribution in [0.2, 0.25) is 0 Å². The molecule has 9 heteroatoms. The van der Waals surface area contributed by atoms with Crippen molar-refractivity contribution in [3.63, 3.8) is 0 Å². The Kier molecular flexibility index (Phi) is 3.22. The molecule has 4 heterocycles. The molecule has 1 atom stereocenters. The molecule has 3 amide bonds. The van der Waals surface area contributed by atoms with Gasteiger partial charge in [0, 0.05) is 26.2 Å². The molecule has 2 aliphatic rings. The molecule has 1 unspecified atom stereocenters. The third kappa shape index (κ3) is 2.04. The van der Waals surface area contributed by atoms with Crippen molar-refractivity contribution in [1.29, 1.82) is 0 Å². The standard InChI is InChI=1S/C15H17N7O2/c1-2-21-14(23)10-7-20(5-6-22(10)15(21)24)13-9-3-4-11(16)19-12(9)17-8-18-13/h3-4,8,10H,2,5-7H2,1H3,(H2,16,17,18,19). The van der Waals surface area contributed by atoms with Gasteiger partial charge in [-0.3, -0.25) is 9.69 Å². The number of nitrogens with two attached hydrogens (primary N) is 1. The Balaban J connectivity index is 1.68. The van der Waals surface area contributed by atoms with Gasteiger partial charge in [-0.05, 0) is 19.1 Å². The molecule has 0 aromatic carbocycles. The van der Waals surface area contributed by atoms with Crippen LogP contribution in [-0.2, 0) is 4.79 Å². The number of nitrogens with zero attached hydrogens (tertiary/aromatic N) is 6. The van der Waals surface area contributed by atoms with E-state index in [-0.39, 0.29) is 11.9 Å². The molecule has 9 nitrogen and oxygen atoms in total. The molecular weight excluding hydrogens is 310 g/mol. The number of pyridine rings is 1. The van der Waals surface area contributed by atoms with Crippen molar-refractivity contribution in [2.75, 3.05) is 36.8 Å². The third-order valence-corrected chi connectivity index (χ3v) is 4.52. The molecule has 0 saturated carbocycles. The second-order valence-corrected chi connectivity index (χ2v) is 5.82. The molecule has 0 bridgehead atoms. The number of fused-ring (bicyclic) bond motifs is 2. The summed E-state index contributed by atoms with van der Waals surface area (Å²) < 4.78 is 0. The van der Waals surface area contributed by atoms with Gasteiger partial charge in [-0.2, -0.15) is 0 Å². The molecule has 2 aliphatic heterocycles. The number of urea groups is 1. The number of hydrogen-bond donors (Lipinski definition) is 1. The van der Waals surface area contributed by atoms with E-state index in [0.717, 1.165) is 5.39 Å². The Morgan fingerprint density at radius 3 is 2.88 bits per heavy atom. The second kappa shape index (κ2) is 5.29. The highest BCUT2D eigenvalue weighted by molar-refractivity contribution is 6.05. The Morgan fingerprint density at radius 2 is 2.08 bits per heavy atom. The van der Waals surface area contributed by atoms with Gasteiger partial charge in [0.2, 0.25) is 0 Å². The van der Waals surface area contributed by atoms with Crippen LogP contribution in [-0.4, -0.2) is 68.9 Å². The number of rotatable bonds is 2. The van der Waals surface area contributed by atoms with E-state index in [0.29, 0.717) is 43.5 Å². The Bertz CT molecular complexity index is 840. The van der Waals surface area contributed by atoms with Crippen LogP contribution in [0.3, 0.4) is 0 Å². The molecule has 2 aromatic rings. The van der Waals surface area contributed by atoms with Crippen LogP contribution in [0.5, 0.6) is 0 Å². The average Bonchev–Trinajstić information content (AvgIpc) is 2.84. The number of likely N-dealkylation sites (N-methyl/N-ethyl adjacent to an activating group) is 1. The van der Waals surface area contributed by atoms with Crippen molar-refractivity contribution in [1.82, 2.24) is 24.8 Å². The molecule has 4 rings (SSSR count). The highest BCUT2D eigenvalue weighted by Crippen LogP contribution is 2.28. The first-order valence-corrected chi connectivity index (χ1v) is 7.84. The van der Waals surface area contributed by atoms with Crippen molar-refractivity contribution >= 4 is 34.6 Å². The minimum Gasteiger partial charge on any atom is -0.384 e.